The summed E-state index contributed by atoms with van der Waals surface area (Å²) in [5.41, 5.74) is 0.556. The maximum atomic E-state index is 12.1. The van der Waals surface area contributed by atoms with Crippen molar-refractivity contribution in [1.29, 1.82) is 0 Å². The molecule has 10 heteroatoms. The van der Waals surface area contributed by atoms with E-state index in [0.717, 1.165) is 0 Å². The average molecular weight is 407 g/mol. The summed E-state index contributed by atoms with van der Waals surface area (Å²) in [6.07, 6.45) is 0. The van der Waals surface area contributed by atoms with Crippen molar-refractivity contribution in [2.24, 2.45) is 0 Å². The van der Waals surface area contributed by atoms with Gasteiger partial charge < -0.3 is 15.4 Å². The van der Waals surface area contributed by atoms with E-state index >= 15 is 0 Å². The molecule has 0 heterocycles. The number of benzene rings is 2. The monoisotopic (exact) mass is 406 g/mol. The number of hydrogen-bond donors (Lipinski definition) is 2. The van der Waals surface area contributed by atoms with E-state index in [1.54, 1.807) is 38.4 Å². The molecule has 0 spiro atoms. The molecule has 28 heavy (non-hydrogen) atoms. The molecule has 0 unspecified atom stereocenters. The van der Waals surface area contributed by atoms with Crippen molar-refractivity contribution >= 4 is 40.5 Å². The van der Waals surface area contributed by atoms with Crippen LogP contribution in [0.1, 0.15) is 0 Å². The van der Waals surface area contributed by atoms with Gasteiger partial charge in [0.2, 0.25) is 11.8 Å². The number of nitro benzene ring substituents is 1. The van der Waals surface area contributed by atoms with Crippen molar-refractivity contribution in [3.05, 3.63) is 57.6 Å². The molecule has 0 saturated heterocycles. The molecule has 9 nitrogen and oxygen atoms in total. The number of rotatable bonds is 8. The molecule has 0 aromatic heterocycles. The molecule has 0 radical (unpaired) electrons. The van der Waals surface area contributed by atoms with Crippen LogP contribution >= 0.6 is 11.6 Å². The minimum absolute atomic E-state index is 0.0137. The van der Waals surface area contributed by atoms with Crippen molar-refractivity contribution in [3.8, 4) is 5.75 Å². The molecule has 0 aliphatic rings. The first kappa shape index (κ1) is 21.1. The summed E-state index contributed by atoms with van der Waals surface area (Å²) in [6.45, 7) is -0.0906. The van der Waals surface area contributed by atoms with E-state index in [9.17, 15) is 19.7 Å². The van der Waals surface area contributed by atoms with Crippen LogP contribution < -0.4 is 15.4 Å². The number of nitrogens with one attached hydrogen (secondary N) is 2. The Morgan fingerprint density at radius 2 is 1.61 bits per heavy atom. The Hall–Kier alpha value is -3.17. The highest BCUT2D eigenvalue weighted by atomic mass is 35.5. The van der Waals surface area contributed by atoms with Gasteiger partial charge in [-0.3, -0.25) is 24.6 Å². The van der Waals surface area contributed by atoms with Crippen molar-refractivity contribution in [2.75, 3.05) is 37.9 Å². The Labute approximate surface area is 166 Å². The maximum absolute atomic E-state index is 12.1. The third-order valence-corrected chi connectivity index (χ3v) is 3.95. The third kappa shape index (κ3) is 6.22. The summed E-state index contributed by atoms with van der Waals surface area (Å²) in [6, 6.07) is 10.8. The number of carbonyl (C=O) groups is 2. The summed E-state index contributed by atoms with van der Waals surface area (Å²) in [7, 11) is 3.16. The van der Waals surface area contributed by atoms with Crippen LogP contribution in [0.4, 0.5) is 17.1 Å². The Bertz CT molecular complexity index is 873. The summed E-state index contributed by atoms with van der Waals surface area (Å²) in [5.74, 6) is -0.0341. The predicted molar refractivity (Wildman–Crippen MR) is 106 cm³/mol. The van der Waals surface area contributed by atoms with E-state index in [-0.39, 0.29) is 35.4 Å². The molecule has 0 aliphatic heterocycles. The summed E-state index contributed by atoms with van der Waals surface area (Å²) in [4.78, 5) is 35.9. The summed E-state index contributed by atoms with van der Waals surface area (Å²) >= 11 is 5.74. The highest BCUT2D eigenvalue weighted by molar-refractivity contribution is 6.32. The number of carbonyl (C=O) groups excluding carboxylic acids is 2. The number of amides is 2. The zero-order valence-corrected chi connectivity index (χ0v) is 16.0. The minimum Gasteiger partial charge on any atom is -0.497 e. The Morgan fingerprint density at radius 1 is 1.07 bits per heavy atom. The summed E-state index contributed by atoms with van der Waals surface area (Å²) in [5, 5.41) is 16.1. The second kappa shape index (κ2) is 9.67. The molecule has 0 aliphatic carbocycles. The lowest BCUT2D eigenvalue weighted by atomic mass is 10.2. The molecule has 2 amide bonds. The van der Waals surface area contributed by atoms with Gasteiger partial charge in [-0.05, 0) is 43.4 Å². The maximum Gasteiger partial charge on any atom is 0.289 e. The van der Waals surface area contributed by atoms with Crippen molar-refractivity contribution < 1.29 is 19.2 Å². The SMILES string of the molecule is COc1ccc(NC(=O)CN(C)CC(=O)Nc2ccc(Cl)c([N+](=O)[O-])c2)cc1. The smallest absolute Gasteiger partial charge is 0.289 e. The largest absolute Gasteiger partial charge is 0.497 e. The Morgan fingerprint density at radius 3 is 2.14 bits per heavy atom. The molecule has 148 valence electrons. The van der Waals surface area contributed by atoms with Crippen molar-refractivity contribution in [2.45, 2.75) is 0 Å². The number of likely N-dealkylation sites (N-methyl/N-ethyl adjacent to an activating group) is 1. The van der Waals surface area contributed by atoms with E-state index in [0.29, 0.717) is 11.4 Å². The number of nitro groups is 1. The number of nitrogens with zero attached hydrogens (tertiary/aromatic N) is 2. The molecule has 0 fully saturated rings. The highest BCUT2D eigenvalue weighted by Crippen LogP contribution is 2.27. The minimum atomic E-state index is -0.631. The molecule has 2 aromatic carbocycles. The molecule has 2 N–H and O–H groups in total. The van der Waals surface area contributed by atoms with Gasteiger partial charge in [0.15, 0.2) is 0 Å². The fourth-order valence-corrected chi connectivity index (χ4v) is 2.54. The van der Waals surface area contributed by atoms with Crippen LogP contribution in [-0.2, 0) is 9.59 Å². The van der Waals surface area contributed by atoms with Gasteiger partial charge >= 0.3 is 0 Å². The van der Waals surface area contributed by atoms with Crippen LogP contribution in [-0.4, -0.2) is 48.9 Å². The fourth-order valence-electron chi connectivity index (χ4n) is 2.35. The second-order valence-corrected chi connectivity index (χ2v) is 6.33. The Balaban J connectivity index is 1.85. The van der Waals surface area contributed by atoms with E-state index < -0.39 is 10.8 Å². The van der Waals surface area contributed by atoms with Crippen LogP contribution in [0.25, 0.3) is 0 Å². The van der Waals surface area contributed by atoms with Crippen LogP contribution in [0, 0.1) is 10.1 Å². The zero-order chi connectivity index (χ0) is 20.7. The normalized spacial score (nSPS) is 10.4. The third-order valence-electron chi connectivity index (χ3n) is 3.63. The van der Waals surface area contributed by atoms with Gasteiger partial charge in [0.05, 0.1) is 25.1 Å². The average Bonchev–Trinajstić information content (AvgIpc) is 2.63. The van der Waals surface area contributed by atoms with Gasteiger partial charge in [0.25, 0.3) is 5.69 Å². The molecular formula is C18H19ClN4O5. The first-order valence-electron chi connectivity index (χ1n) is 8.14. The zero-order valence-electron chi connectivity index (χ0n) is 15.3. The number of halogens is 1. The fraction of sp³-hybridized carbons (Fsp3) is 0.222. The second-order valence-electron chi connectivity index (χ2n) is 5.92. The van der Waals surface area contributed by atoms with Gasteiger partial charge in [0, 0.05) is 17.4 Å². The van der Waals surface area contributed by atoms with E-state index in [2.05, 4.69) is 10.6 Å². The van der Waals surface area contributed by atoms with Crippen LogP contribution in [0.15, 0.2) is 42.5 Å². The molecule has 0 saturated carbocycles. The molecule has 0 bridgehead atoms. The van der Waals surface area contributed by atoms with Crippen LogP contribution in [0.5, 0.6) is 5.75 Å². The van der Waals surface area contributed by atoms with E-state index in [4.69, 9.17) is 16.3 Å². The van der Waals surface area contributed by atoms with E-state index in [1.165, 1.54) is 23.1 Å². The van der Waals surface area contributed by atoms with Gasteiger partial charge in [-0.2, -0.15) is 0 Å². The first-order chi connectivity index (χ1) is 13.3. The van der Waals surface area contributed by atoms with E-state index in [1.807, 2.05) is 0 Å². The molecule has 2 rings (SSSR count). The van der Waals surface area contributed by atoms with Crippen LogP contribution in [0.3, 0.4) is 0 Å². The predicted octanol–water partition coefficient (Wildman–Crippen LogP) is 2.77. The van der Waals surface area contributed by atoms with Gasteiger partial charge in [-0.1, -0.05) is 11.6 Å². The first-order valence-corrected chi connectivity index (χ1v) is 8.52. The Kier molecular flexibility index (Phi) is 7.30. The van der Waals surface area contributed by atoms with Gasteiger partial charge in [-0.25, -0.2) is 0 Å². The standard InChI is InChI=1S/C18H19ClN4O5/c1-22(10-17(24)20-12-3-6-14(28-2)7-4-12)11-18(25)21-13-5-8-15(19)16(9-13)23(26)27/h3-9H,10-11H2,1-2H3,(H,20,24)(H,21,25). The van der Waals surface area contributed by atoms with Crippen molar-refractivity contribution in [1.82, 2.24) is 4.90 Å². The van der Waals surface area contributed by atoms with Crippen LogP contribution in [0.2, 0.25) is 5.02 Å². The molecule has 0 atom stereocenters. The number of ether oxygens (including phenoxy) is 1. The lowest BCUT2D eigenvalue weighted by Gasteiger charge is -2.16. The lowest BCUT2D eigenvalue weighted by molar-refractivity contribution is -0.384. The molecular weight excluding hydrogens is 388 g/mol. The number of methoxy groups -OCH3 is 1. The summed E-state index contributed by atoms with van der Waals surface area (Å²) < 4.78 is 5.05. The van der Waals surface area contributed by atoms with Crippen molar-refractivity contribution in [3.63, 3.8) is 0 Å². The number of anilines is 2. The van der Waals surface area contributed by atoms with Gasteiger partial charge in [-0.15, -0.1) is 0 Å². The molecule has 2 aromatic rings. The van der Waals surface area contributed by atoms with Gasteiger partial charge in [0.1, 0.15) is 10.8 Å². The topological polar surface area (TPSA) is 114 Å². The lowest BCUT2D eigenvalue weighted by Crippen LogP contribution is -2.36. The number of hydrogen-bond acceptors (Lipinski definition) is 6. The quantitative estimate of drug-likeness (QED) is 0.514. The highest BCUT2D eigenvalue weighted by Gasteiger charge is 2.15.